The van der Waals surface area contributed by atoms with Crippen molar-refractivity contribution in [2.75, 3.05) is 13.7 Å². The summed E-state index contributed by atoms with van der Waals surface area (Å²) in [5.74, 6) is 1.67. The molecule has 1 fully saturated rings. The largest absolute Gasteiger partial charge is 0.381 e. The van der Waals surface area contributed by atoms with E-state index in [1.807, 2.05) is 12.1 Å². The number of carbonyl (C=O) groups is 1. The van der Waals surface area contributed by atoms with Crippen LogP contribution in [0, 0.1) is 5.92 Å². The average molecular weight is 329 g/mol. The van der Waals surface area contributed by atoms with Gasteiger partial charge in [0.05, 0.1) is 6.10 Å². The Labute approximate surface area is 141 Å². The number of nitrogens with zero attached hydrogens (tertiary/aromatic N) is 3. The summed E-state index contributed by atoms with van der Waals surface area (Å²) in [6, 6.07) is 3.73. The van der Waals surface area contributed by atoms with E-state index in [2.05, 4.69) is 25.5 Å². The van der Waals surface area contributed by atoms with Crippen molar-refractivity contribution in [2.24, 2.45) is 5.92 Å². The molecule has 3 rings (SSSR count). The lowest BCUT2D eigenvalue weighted by Crippen LogP contribution is -2.35. The Morgan fingerprint density at radius 1 is 1.29 bits per heavy atom. The topological polar surface area (TPSA) is 92.8 Å². The average Bonchev–Trinajstić information content (AvgIpc) is 3.11. The minimum Gasteiger partial charge on any atom is -0.381 e. The van der Waals surface area contributed by atoms with Crippen molar-refractivity contribution in [3.05, 3.63) is 30.4 Å². The third-order valence-corrected chi connectivity index (χ3v) is 4.51. The molecule has 1 amide bonds. The summed E-state index contributed by atoms with van der Waals surface area (Å²) >= 11 is 0. The number of hydrogen-bond donors (Lipinski definition) is 2. The molecule has 2 heterocycles. The van der Waals surface area contributed by atoms with E-state index in [0.29, 0.717) is 24.9 Å². The minimum atomic E-state index is 0.110. The molecule has 0 aliphatic heterocycles. The summed E-state index contributed by atoms with van der Waals surface area (Å²) in [7, 11) is 1.74. The van der Waals surface area contributed by atoms with Crippen LogP contribution in [0.4, 0.5) is 0 Å². The minimum absolute atomic E-state index is 0.110. The predicted molar refractivity (Wildman–Crippen MR) is 89.1 cm³/mol. The van der Waals surface area contributed by atoms with Gasteiger partial charge in [0, 0.05) is 44.0 Å². The molecule has 0 aromatic carbocycles. The smallest absolute Gasteiger partial charge is 0.223 e. The molecule has 2 aromatic heterocycles. The number of methoxy groups -OCH3 is 1. The zero-order valence-electron chi connectivity index (χ0n) is 13.9. The first-order chi connectivity index (χ1) is 11.8. The molecule has 0 bridgehead atoms. The molecule has 7 nitrogen and oxygen atoms in total. The van der Waals surface area contributed by atoms with E-state index in [9.17, 15) is 4.79 Å². The van der Waals surface area contributed by atoms with Crippen LogP contribution in [-0.4, -0.2) is 45.8 Å². The zero-order chi connectivity index (χ0) is 16.8. The fourth-order valence-corrected chi connectivity index (χ4v) is 3.05. The van der Waals surface area contributed by atoms with E-state index >= 15 is 0 Å². The molecule has 2 aromatic rings. The Hall–Kier alpha value is -2.28. The molecule has 0 atom stereocenters. The van der Waals surface area contributed by atoms with Crippen LogP contribution in [-0.2, 0) is 16.0 Å². The predicted octanol–water partition coefficient (Wildman–Crippen LogP) is 1.73. The van der Waals surface area contributed by atoms with Gasteiger partial charge >= 0.3 is 0 Å². The number of aromatic amines is 1. The van der Waals surface area contributed by atoms with Gasteiger partial charge in [0.2, 0.25) is 5.91 Å². The molecule has 1 saturated carbocycles. The van der Waals surface area contributed by atoms with Crippen LogP contribution in [0.25, 0.3) is 11.4 Å². The number of ether oxygens (including phenoxy) is 1. The van der Waals surface area contributed by atoms with Gasteiger partial charge in [0.1, 0.15) is 5.82 Å². The number of hydrogen-bond acceptors (Lipinski definition) is 5. The maximum atomic E-state index is 12.2. The summed E-state index contributed by atoms with van der Waals surface area (Å²) in [6.07, 6.45) is 8.11. The van der Waals surface area contributed by atoms with Crippen LogP contribution in [0.1, 0.15) is 31.5 Å². The highest BCUT2D eigenvalue weighted by Crippen LogP contribution is 2.25. The molecule has 0 saturated heterocycles. The molecule has 24 heavy (non-hydrogen) atoms. The van der Waals surface area contributed by atoms with Crippen molar-refractivity contribution in [1.29, 1.82) is 0 Å². The first kappa shape index (κ1) is 16.6. The van der Waals surface area contributed by atoms with Gasteiger partial charge < -0.3 is 10.1 Å². The van der Waals surface area contributed by atoms with Crippen LogP contribution >= 0.6 is 0 Å². The molecule has 0 radical (unpaired) electrons. The third kappa shape index (κ3) is 4.17. The Morgan fingerprint density at radius 3 is 2.75 bits per heavy atom. The lowest BCUT2D eigenvalue weighted by molar-refractivity contribution is -0.126. The van der Waals surface area contributed by atoms with Crippen LogP contribution < -0.4 is 5.32 Å². The highest BCUT2D eigenvalue weighted by atomic mass is 16.5. The maximum absolute atomic E-state index is 12.2. The van der Waals surface area contributed by atoms with Crippen LogP contribution in [0.2, 0.25) is 0 Å². The van der Waals surface area contributed by atoms with E-state index in [4.69, 9.17) is 4.74 Å². The molecule has 1 aliphatic carbocycles. The number of carbonyl (C=O) groups excluding carboxylic acids is 1. The summed E-state index contributed by atoms with van der Waals surface area (Å²) in [6.45, 7) is 0.564. The second-order valence-corrected chi connectivity index (χ2v) is 6.09. The molecular weight excluding hydrogens is 306 g/mol. The van der Waals surface area contributed by atoms with E-state index in [1.54, 1.807) is 19.5 Å². The van der Waals surface area contributed by atoms with E-state index in [-0.39, 0.29) is 11.8 Å². The van der Waals surface area contributed by atoms with Crippen LogP contribution in [0.3, 0.4) is 0 Å². The maximum Gasteiger partial charge on any atom is 0.223 e. The standard InChI is InChI=1S/C17H23N5O2/c1-24-14-4-2-13(3-5-14)17(23)19-11-8-15-20-16(22-21-15)12-6-9-18-10-7-12/h6-7,9-10,13-14H,2-5,8,11H2,1H3,(H,19,23)(H,20,21,22). The van der Waals surface area contributed by atoms with E-state index in [0.717, 1.165) is 37.1 Å². The second kappa shape index (κ2) is 8.01. The van der Waals surface area contributed by atoms with Crippen molar-refractivity contribution in [3.8, 4) is 11.4 Å². The van der Waals surface area contributed by atoms with E-state index < -0.39 is 0 Å². The number of aromatic nitrogens is 4. The number of pyridine rings is 1. The number of nitrogens with one attached hydrogen (secondary N) is 2. The lowest BCUT2D eigenvalue weighted by Gasteiger charge is -2.26. The molecule has 0 unspecified atom stereocenters. The van der Waals surface area contributed by atoms with Crippen molar-refractivity contribution >= 4 is 5.91 Å². The van der Waals surface area contributed by atoms with Gasteiger partial charge in [-0.15, -0.1) is 0 Å². The molecule has 128 valence electrons. The molecule has 0 spiro atoms. The second-order valence-electron chi connectivity index (χ2n) is 6.09. The normalized spacial score (nSPS) is 20.7. The zero-order valence-corrected chi connectivity index (χ0v) is 13.9. The summed E-state index contributed by atoms with van der Waals surface area (Å²) in [5, 5.41) is 10.1. The third-order valence-electron chi connectivity index (χ3n) is 4.51. The molecule has 7 heteroatoms. The lowest BCUT2D eigenvalue weighted by atomic mass is 9.87. The molecular formula is C17H23N5O2. The van der Waals surface area contributed by atoms with Gasteiger partial charge in [-0.1, -0.05) is 0 Å². The number of amides is 1. The van der Waals surface area contributed by atoms with Gasteiger partial charge in [-0.3, -0.25) is 14.9 Å². The first-order valence-electron chi connectivity index (χ1n) is 8.38. The highest BCUT2D eigenvalue weighted by molar-refractivity contribution is 5.78. The fourth-order valence-electron chi connectivity index (χ4n) is 3.05. The summed E-state index contributed by atoms with van der Waals surface area (Å²) < 4.78 is 5.34. The van der Waals surface area contributed by atoms with Crippen LogP contribution in [0.15, 0.2) is 24.5 Å². The van der Waals surface area contributed by atoms with Crippen molar-refractivity contribution in [1.82, 2.24) is 25.5 Å². The Morgan fingerprint density at radius 2 is 2.04 bits per heavy atom. The highest BCUT2D eigenvalue weighted by Gasteiger charge is 2.25. The van der Waals surface area contributed by atoms with Gasteiger partial charge in [-0.05, 0) is 37.8 Å². The Bertz CT molecular complexity index is 650. The number of rotatable bonds is 6. The fraction of sp³-hybridized carbons (Fsp3) is 0.529. The monoisotopic (exact) mass is 329 g/mol. The summed E-state index contributed by atoms with van der Waals surface area (Å²) in [5.41, 5.74) is 0.923. The van der Waals surface area contributed by atoms with Gasteiger partial charge in [-0.2, -0.15) is 5.10 Å². The van der Waals surface area contributed by atoms with Crippen LogP contribution in [0.5, 0.6) is 0 Å². The number of H-pyrrole nitrogens is 1. The van der Waals surface area contributed by atoms with Gasteiger partial charge in [0.25, 0.3) is 0 Å². The van der Waals surface area contributed by atoms with Crippen molar-refractivity contribution in [2.45, 2.75) is 38.2 Å². The van der Waals surface area contributed by atoms with Crippen molar-refractivity contribution in [3.63, 3.8) is 0 Å². The first-order valence-corrected chi connectivity index (χ1v) is 8.38. The Kier molecular flexibility index (Phi) is 5.53. The van der Waals surface area contributed by atoms with Gasteiger partial charge in [0.15, 0.2) is 5.82 Å². The SMILES string of the molecule is COC1CCC(C(=O)NCCc2nc(-c3ccncc3)n[nH]2)CC1. The quantitative estimate of drug-likeness (QED) is 0.842. The summed E-state index contributed by atoms with van der Waals surface area (Å²) in [4.78, 5) is 20.6. The Balaban J connectivity index is 1.44. The van der Waals surface area contributed by atoms with Crippen molar-refractivity contribution < 1.29 is 9.53 Å². The molecule has 2 N–H and O–H groups in total. The van der Waals surface area contributed by atoms with E-state index in [1.165, 1.54) is 0 Å². The molecule has 1 aliphatic rings. The van der Waals surface area contributed by atoms with Gasteiger partial charge in [-0.25, -0.2) is 4.98 Å².